The summed E-state index contributed by atoms with van der Waals surface area (Å²) in [7, 11) is 0. The SMILES string of the molecule is Cc1ccccc1C(=O)OCC(=O)Nc1ccc(C#N)cc1. The van der Waals surface area contributed by atoms with E-state index in [9.17, 15) is 9.59 Å². The van der Waals surface area contributed by atoms with Crippen LogP contribution in [0.5, 0.6) is 0 Å². The number of nitrogens with one attached hydrogen (secondary N) is 1. The van der Waals surface area contributed by atoms with Crippen molar-refractivity contribution in [1.29, 1.82) is 5.26 Å². The lowest BCUT2D eigenvalue weighted by atomic mass is 10.1. The van der Waals surface area contributed by atoms with Crippen LogP contribution in [0.2, 0.25) is 0 Å². The Balaban J connectivity index is 1.89. The lowest BCUT2D eigenvalue weighted by molar-refractivity contribution is -0.119. The number of hydrogen-bond acceptors (Lipinski definition) is 4. The molecular weight excluding hydrogens is 280 g/mol. The van der Waals surface area contributed by atoms with E-state index < -0.39 is 11.9 Å². The average molecular weight is 294 g/mol. The molecule has 0 saturated heterocycles. The molecule has 0 spiro atoms. The molecule has 0 radical (unpaired) electrons. The van der Waals surface area contributed by atoms with Crippen molar-refractivity contribution in [2.45, 2.75) is 6.92 Å². The summed E-state index contributed by atoms with van der Waals surface area (Å²) in [5.41, 5.74) is 2.27. The number of ether oxygens (including phenoxy) is 1. The maximum Gasteiger partial charge on any atom is 0.338 e. The average Bonchev–Trinajstić information content (AvgIpc) is 2.54. The summed E-state index contributed by atoms with van der Waals surface area (Å²) >= 11 is 0. The van der Waals surface area contributed by atoms with E-state index in [1.807, 2.05) is 12.1 Å². The number of nitrogens with zero attached hydrogens (tertiary/aromatic N) is 1. The van der Waals surface area contributed by atoms with Gasteiger partial charge in [-0.3, -0.25) is 4.79 Å². The van der Waals surface area contributed by atoms with Crippen LogP contribution in [0.3, 0.4) is 0 Å². The number of carbonyl (C=O) groups excluding carboxylic acids is 2. The number of amides is 1. The van der Waals surface area contributed by atoms with Crippen LogP contribution in [0.15, 0.2) is 48.5 Å². The van der Waals surface area contributed by atoms with E-state index in [0.717, 1.165) is 5.56 Å². The minimum Gasteiger partial charge on any atom is -0.452 e. The van der Waals surface area contributed by atoms with Crippen LogP contribution in [-0.2, 0) is 9.53 Å². The number of rotatable bonds is 4. The smallest absolute Gasteiger partial charge is 0.338 e. The first kappa shape index (κ1) is 15.3. The van der Waals surface area contributed by atoms with Gasteiger partial charge in [0.2, 0.25) is 0 Å². The number of carbonyl (C=O) groups is 2. The number of esters is 1. The monoisotopic (exact) mass is 294 g/mol. The molecule has 0 atom stereocenters. The van der Waals surface area contributed by atoms with Crippen LogP contribution in [0, 0.1) is 18.3 Å². The lowest BCUT2D eigenvalue weighted by Gasteiger charge is -2.08. The molecule has 0 unspecified atom stereocenters. The second-order valence-electron chi connectivity index (χ2n) is 4.63. The van der Waals surface area contributed by atoms with E-state index in [4.69, 9.17) is 10.00 Å². The van der Waals surface area contributed by atoms with Gasteiger partial charge >= 0.3 is 5.97 Å². The molecule has 0 bridgehead atoms. The summed E-state index contributed by atoms with van der Waals surface area (Å²) < 4.78 is 4.98. The van der Waals surface area contributed by atoms with Gasteiger partial charge in [0.15, 0.2) is 6.61 Å². The second kappa shape index (κ2) is 7.04. The minimum absolute atomic E-state index is 0.368. The van der Waals surface area contributed by atoms with Crippen molar-refractivity contribution in [3.05, 3.63) is 65.2 Å². The fraction of sp³-hybridized carbons (Fsp3) is 0.118. The van der Waals surface area contributed by atoms with Gasteiger partial charge in [-0.05, 0) is 42.8 Å². The first-order valence-electron chi connectivity index (χ1n) is 6.63. The van der Waals surface area contributed by atoms with Gasteiger partial charge in [0, 0.05) is 5.69 Å². The Bertz CT molecular complexity index is 730. The second-order valence-corrected chi connectivity index (χ2v) is 4.63. The largest absolute Gasteiger partial charge is 0.452 e. The molecule has 0 aliphatic carbocycles. The molecule has 5 nitrogen and oxygen atoms in total. The number of aryl methyl sites for hydroxylation is 1. The quantitative estimate of drug-likeness (QED) is 0.879. The molecule has 0 aliphatic rings. The molecule has 0 heterocycles. The zero-order valence-electron chi connectivity index (χ0n) is 12.0. The fourth-order valence-electron chi connectivity index (χ4n) is 1.84. The topological polar surface area (TPSA) is 79.2 Å². The van der Waals surface area contributed by atoms with E-state index in [2.05, 4.69) is 5.32 Å². The highest BCUT2D eigenvalue weighted by molar-refractivity contribution is 5.96. The molecule has 5 heteroatoms. The van der Waals surface area contributed by atoms with Crippen molar-refractivity contribution in [2.75, 3.05) is 11.9 Å². The van der Waals surface area contributed by atoms with Gasteiger partial charge in [0.25, 0.3) is 5.91 Å². The predicted octanol–water partition coefficient (Wildman–Crippen LogP) is 2.66. The summed E-state index contributed by atoms with van der Waals surface area (Å²) in [5.74, 6) is -0.972. The maximum atomic E-state index is 11.9. The standard InChI is InChI=1S/C17H14N2O3/c1-12-4-2-3-5-15(12)17(21)22-11-16(20)19-14-8-6-13(10-18)7-9-14/h2-9H,11H2,1H3,(H,19,20). The molecule has 0 aliphatic heterocycles. The molecular formula is C17H14N2O3. The summed E-state index contributed by atoms with van der Waals surface area (Å²) in [6.07, 6.45) is 0. The molecule has 2 rings (SSSR count). The normalized spacial score (nSPS) is 9.64. The summed E-state index contributed by atoms with van der Waals surface area (Å²) in [6, 6.07) is 15.4. The van der Waals surface area contributed by atoms with Gasteiger partial charge in [-0.15, -0.1) is 0 Å². The molecule has 0 saturated carbocycles. The number of nitriles is 1. The third kappa shape index (κ3) is 3.93. The van der Waals surface area contributed by atoms with Gasteiger partial charge in [0.05, 0.1) is 17.2 Å². The molecule has 1 N–H and O–H groups in total. The third-order valence-electron chi connectivity index (χ3n) is 3.00. The van der Waals surface area contributed by atoms with Crippen molar-refractivity contribution in [3.8, 4) is 6.07 Å². The van der Waals surface area contributed by atoms with Crippen molar-refractivity contribution >= 4 is 17.6 Å². The molecule has 110 valence electrons. The summed E-state index contributed by atoms with van der Waals surface area (Å²) in [4.78, 5) is 23.6. The Kier molecular flexibility index (Phi) is 4.89. The Morgan fingerprint density at radius 2 is 1.82 bits per heavy atom. The Morgan fingerprint density at radius 1 is 1.14 bits per heavy atom. The molecule has 22 heavy (non-hydrogen) atoms. The van der Waals surface area contributed by atoms with Gasteiger partial charge in [-0.25, -0.2) is 4.79 Å². The first-order chi connectivity index (χ1) is 10.6. The van der Waals surface area contributed by atoms with Crippen LogP contribution in [0.4, 0.5) is 5.69 Å². The van der Waals surface area contributed by atoms with Gasteiger partial charge in [-0.2, -0.15) is 5.26 Å². The van der Waals surface area contributed by atoms with Crippen LogP contribution < -0.4 is 5.32 Å². The minimum atomic E-state index is -0.534. The zero-order valence-corrected chi connectivity index (χ0v) is 12.0. The number of hydrogen-bond donors (Lipinski definition) is 1. The van der Waals surface area contributed by atoms with E-state index in [1.165, 1.54) is 0 Å². The molecule has 0 aromatic heterocycles. The van der Waals surface area contributed by atoms with E-state index in [0.29, 0.717) is 16.8 Å². The van der Waals surface area contributed by atoms with Crippen LogP contribution in [0.1, 0.15) is 21.5 Å². The van der Waals surface area contributed by atoms with Crippen LogP contribution in [-0.4, -0.2) is 18.5 Å². The Hall–Kier alpha value is -3.13. The summed E-state index contributed by atoms with van der Waals surface area (Å²) in [5, 5.41) is 11.3. The van der Waals surface area contributed by atoms with Crippen molar-refractivity contribution in [3.63, 3.8) is 0 Å². The first-order valence-corrected chi connectivity index (χ1v) is 6.63. The summed E-state index contributed by atoms with van der Waals surface area (Å²) in [6.45, 7) is 1.43. The van der Waals surface area contributed by atoms with Crippen LogP contribution in [0.25, 0.3) is 0 Å². The fourth-order valence-corrected chi connectivity index (χ4v) is 1.84. The van der Waals surface area contributed by atoms with E-state index in [-0.39, 0.29) is 6.61 Å². The lowest BCUT2D eigenvalue weighted by Crippen LogP contribution is -2.21. The molecule has 2 aromatic carbocycles. The molecule has 0 fully saturated rings. The molecule has 1 amide bonds. The number of benzene rings is 2. The highest BCUT2D eigenvalue weighted by Crippen LogP contribution is 2.10. The highest BCUT2D eigenvalue weighted by Gasteiger charge is 2.12. The van der Waals surface area contributed by atoms with Gasteiger partial charge < -0.3 is 10.1 Å². The predicted molar refractivity (Wildman–Crippen MR) is 81.2 cm³/mol. The zero-order chi connectivity index (χ0) is 15.9. The molecule has 2 aromatic rings. The van der Waals surface area contributed by atoms with Gasteiger partial charge in [-0.1, -0.05) is 18.2 Å². The Morgan fingerprint density at radius 3 is 2.45 bits per heavy atom. The highest BCUT2D eigenvalue weighted by atomic mass is 16.5. The van der Waals surface area contributed by atoms with Gasteiger partial charge in [0.1, 0.15) is 0 Å². The number of anilines is 1. The van der Waals surface area contributed by atoms with E-state index >= 15 is 0 Å². The Labute approximate surface area is 128 Å². The van der Waals surface area contributed by atoms with Crippen molar-refractivity contribution < 1.29 is 14.3 Å². The van der Waals surface area contributed by atoms with Crippen molar-refractivity contribution in [1.82, 2.24) is 0 Å². The maximum absolute atomic E-state index is 11.9. The third-order valence-corrected chi connectivity index (χ3v) is 3.00. The van der Waals surface area contributed by atoms with E-state index in [1.54, 1.807) is 49.4 Å². The van der Waals surface area contributed by atoms with Crippen LogP contribution >= 0.6 is 0 Å². The van der Waals surface area contributed by atoms with Crippen molar-refractivity contribution in [2.24, 2.45) is 0 Å².